The van der Waals surface area contributed by atoms with Crippen LogP contribution < -0.4 is 10.1 Å². The first-order valence-electron chi connectivity index (χ1n) is 7.48. The molecule has 1 aromatic rings. The van der Waals surface area contributed by atoms with E-state index in [1.54, 1.807) is 7.11 Å². The van der Waals surface area contributed by atoms with E-state index in [0.717, 1.165) is 37.7 Å². The summed E-state index contributed by atoms with van der Waals surface area (Å²) >= 11 is 0. The number of likely N-dealkylation sites (tertiary alicyclic amines) is 1. The first-order valence-corrected chi connectivity index (χ1v) is 7.48. The molecule has 0 aliphatic carbocycles. The van der Waals surface area contributed by atoms with E-state index in [4.69, 9.17) is 4.74 Å². The van der Waals surface area contributed by atoms with Gasteiger partial charge >= 0.3 is 0 Å². The highest BCUT2D eigenvalue weighted by Crippen LogP contribution is 2.21. The van der Waals surface area contributed by atoms with Gasteiger partial charge in [0.1, 0.15) is 11.6 Å². The van der Waals surface area contributed by atoms with Gasteiger partial charge < -0.3 is 10.1 Å². The molecule has 0 unspecified atom stereocenters. The van der Waals surface area contributed by atoms with Gasteiger partial charge in [-0.3, -0.25) is 4.90 Å². The highest BCUT2D eigenvalue weighted by molar-refractivity contribution is 5.28. The van der Waals surface area contributed by atoms with Gasteiger partial charge in [-0.1, -0.05) is 13.0 Å². The second kappa shape index (κ2) is 7.60. The molecule has 1 aromatic carbocycles. The van der Waals surface area contributed by atoms with Gasteiger partial charge in [0.2, 0.25) is 0 Å². The van der Waals surface area contributed by atoms with E-state index < -0.39 is 0 Å². The second-order valence-electron chi connectivity index (χ2n) is 5.48. The molecule has 0 amide bonds. The maximum absolute atomic E-state index is 13.9. The van der Waals surface area contributed by atoms with Crippen molar-refractivity contribution in [1.82, 2.24) is 10.2 Å². The van der Waals surface area contributed by atoms with Crippen LogP contribution >= 0.6 is 0 Å². The van der Waals surface area contributed by atoms with E-state index in [-0.39, 0.29) is 5.82 Å². The van der Waals surface area contributed by atoms with Crippen molar-refractivity contribution < 1.29 is 9.13 Å². The van der Waals surface area contributed by atoms with Crippen LogP contribution in [0.3, 0.4) is 0 Å². The number of methoxy groups -OCH3 is 1. The lowest BCUT2D eigenvalue weighted by Crippen LogP contribution is -2.37. The van der Waals surface area contributed by atoms with Crippen LogP contribution in [0.2, 0.25) is 0 Å². The standard InChI is InChI=1S/C16H25FN2O/c1-3-18-11-13-6-8-19(9-7-13)12-14-4-5-15(20-2)10-16(14)17/h4-5,10,13,18H,3,6-9,11-12H2,1-2H3. The van der Waals surface area contributed by atoms with Crippen LogP contribution in [-0.2, 0) is 6.54 Å². The van der Waals surface area contributed by atoms with Crippen molar-refractivity contribution in [2.24, 2.45) is 5.92 Å². The Morgan fingerprint density at radius 2 is 2.10 bits per heavy atom. The van der Waals surface area contributed by atoms with Crippen molar-refractivity contribution in [3.8, 4) is 5.75 Å². The van der Waals surface area contributed by atoms with Gasteiger partial charge in [0.05, 0.1) is 7.11 Å². The molecule has 0 aromatic heterocycles. The van der Waals surface area contributed by atoms with Crippen molar-refractivity contribution in [3.63, 3.8) is 0 Å². The van der Waals surface area contributed by atoms with Crippen molar-refractivity contribution in [2.45, 2.75) is 26.3 Å². The number of piperidine rings is 1. The van der Waals surface area contributed by atoms with Crippen LogP contribution in [0, 0.1) is 11.7 Å². The molecule has 4 heteroatoms. The van der Waals surface area contributed by atoms with Gasteiger partial charge in [-0.2, -0.15) is 0 Å². The van der Waals surface area contributed by atoms with Crippen LogP contribution in [0.4, 0.5) is 4.39 Å². The van der Waals surface area contributed by atoms with Crippen LogP contribution in [0.5, 0.6) is 5.75 Å². The predicted molar refractivity (Wildman–Crippen MR) is 79.5 cm³/mol. The summed E-state index contributed by atoms with van der Waals surface area (Å²) < 4.78 is 18.9. The second-order valence-corrected chi connectivity index (χ2v) is 5.48. The maximum Gasteiger partial charge on any atom is 0.131 e. The molecular formula is C16H25FN2O. The molecule has 20 heavy (non-hydrogen) atoms. The Bertz CT molecular complexity index is 417. The van der Waals surface area contributed by atoms with E-state index in [1.165, 1.54) is 18.9 Å². The van der Waals surface area contributed by atoms with Gasteiger partial charge in [-0.05, 0) is 51.0 Å². The number of rotatable bonds is 6. The number of halogens is 1. The Balaban J connectivity index is 1.83. The fourth-order valence-corrected chi connectivity index (χ4v) is 2.72. The minimum atomic E-state index is -0.167. The molecule has 1 aliphatic rings. The molecular weight excluding hydrogens is 255 g/mol. The zero-order valence-electron chi connectivity index (χ0n) is 12.5. The number of nitrogens with zero attached hydrogens (tertiary/aromatic N) is 1. The van der Waals surface area contributed by atoms with Crippen LogP contribution in [0.15, 0.2) is 18.2 Å². The first-order chi connectivity index (χ1) is 9.72. The van der Waals surface area contributed by atoms with Gasteiger partial charge in [0.25, 0.3) is 0 Å². The Morgan fingerprint density at radius 3 is 2.70 bits per heavy atom. The van der Waals surface area contributed by atoms with E-state index >= 15 is 0 Å². The molecule has 1 saturated heterocycles. The van der Waals surface area contributed by atoms with E-state index in [2.05, 4.69) is 17.1 Å². The third-order valence-corrected chi connectivity index (χ3v) is 4.04. The van der Waals surface area contributed by atoms with Crippen molar-refractivity contribution in [3.05, 3.63) is 29.6 Å². The normalized spacial score (nSPS) is 17.4. The minimum Gasteiger partial charge on any atom is -0.497 e. The molecule has 0 radical (unpaired) electrons. The average molecular weight is 280 g/mol. The largest absolute Gasteiger partial charge is 0.497 e. The molecule has 0 bridgehead atoms. The Hall–Kier alpha value is -1.13. The van der Waals surface area contributed by atoms with E-state index in [9.17, 15) is 4.39 Å². The van der Waals surface area contributed by atoms with Crippen molar-refractivity contribution in [1.29, 1.82) is 0 Å². The molecule has 3 nitrogen and oxygen atoms in total. The number of ether oxygens (including phenoxy) is 1. The monoisotopic (exact) mass is 280 g/mol. The third-order valence-electron chi connectivity index (χ3n) is 4.04. The maximum atomic E-state index is 13.9. The van der Waals surface area contributed by atoms with Crippen LogP contribution in [0.25, 0.3) is 0 Å². The molecule has 0 saturated carbocycles. The lowest BCUT2D eigenvalue weighted by molar-refractivity contribution is 0.174. The Labute approximate surface area is 121 Å². The van der Waals surface area contributed by atoms with Gasteiger partial charge in [-0.25, -0.2) is 4.39 Å². The van der Waals surface area contributed by atoms with Crippen molar-refractivity contribution in [2.75, 3.05) is 33.3 Å². The molecule has 2 rings (SSSR count). The summed E-state index contributed by atoms with van der Waals surface area (Å²) in [6.07, 6.45) is 2.40. The molecule has 0 atom stereocenters. The number of benzene rings is 1. The Morgan fingerprint density at radius 1 is 1.35 bits per heavy atom. The highest BCUT2D eigenvalue weighted by atomic mass is 19.1. The van der Waals surface area contributed by atoms with Gasteiger partial charge in [0.15, 0.2) is 0 Å². The predicted octanol–water partition coefficient (Wildman–Crippen LogP) is 2.66. The topological polar surface area (TPSA) is 24.5 Å². The fourth-order valence-electron chi connectivity index (χ4n) is 2.72. The van der Waals surface area contributed by atoms with Gasteiger partial charge in [0, 0.05) is 18.2 Å². The summed E-state index contributed by atoms with van der Waals surface area (Å²) in [5.74, 6) is 1.18. The summed E-state index contributed by atoms with van der Waals surface area (Å²) in [5, 5.41) is 3.41. The molecule has 1 heterocycles. The minimum absolute atomic E-state index is 0.167. The van der Waals surface area contributed by atoms with Crippen LogP contribution in [-0.4, -0.2) is 38.2 Å². The zero-order chi connectivity index (χ0) is 14.4. The molecule has 1 aliphatic heterocycles. The van der Waals surface area contributed by atoms with Crippen LogP contribution in [0.1, 0.15) is 25.3 Å². The lowest BCUT2D eigenvalue weighted by Gasteiger charge is -2.32. The average Bonchev–Trinajstić information content (AvgIpc) is 2.48. The van der Waals surface area contributed by atoms with Crippen molar-refractivity contribution >= 4 is 0 Å². The first kappa shape index (κ1) is 15.3. The SMILES string of the molecule is CCNCC1CCN(Cc2ccc(OC)cc2F)CC1. The summed E-state index contributed by atoms with van der Waals surface area (Å²) in [6, 6.07) is 5.13. The number of nitrogens with one attached hydrogen (secondary N) is 1. The number of hydrogen-bond donors (Lipinski definition) is 1. The summed E-state index contributed by atoms with van der Waals surface area (Å²) in [5.41, 5.74) is 0.760. The summed E-state index contributed by atoms with van der Waals surface area (Å²) in [6.45, 7) is 7.10. The number of hydrogen-bond acceptors (Lipinski definition) is 3. The smallest absolute Gasteiger partial charge is 0.131 e. The third kappa shape index (κ3) is 4.18. The lowest BCUT2D eigenvalue weighted by atomic mass is 9.96. The zero-order valence-corrected chi connectivity index (χ0v) is 12.5. The Kier molecular flexibility index (Phi) is 5.80. The van der Waals surface area contributed by atoms with E-state index in [0.29, 0.717) is 12.3 Å². The van der Waals surface area contributed by atoms with Gasteiger partial charge in [-0.15, -0.1) is 0 Å². The molecule has 1 fully saturated rings. The summed E-state index contributed by atoms with van der Waals surface area (Å²) in [4.78, 5) is 2.34. The quantitative estimate of drug-likeness (QED) is 0.867. The molecule has 112 valence electrons. The highest BCUT2D eigenvalue weighted by Gasteiger charge is 2.19. The molecule has 1 N–H and O–H groups in total. The molecule has 0 spiro atoms. The fraction of sp³-hybridized carbons (Fsp3) is 0.625. The van der Waals surface area contributed by atoms with E-state index in [1.807, 2.05) is 12.1 Å². The summed E-state index contributed by atoms with van der Waals surface area (Å²) in [7, 11) is 1.56.